The summed E-state index contributed by atoms with van der Waals surface area (Å²) < 4.78 is 0. The number of rotatable bonds is 3. The molecule has 0 aliphatic carbocycles. The molecule has 4 heterocycles. The number of hydrogen-bond donors (Lipinski definition) is 2. The van der Waals surface area contributed by atoms with Crippen molar-refractivity contribution in [1.29, 1.82) is 0 Å². The number of carbonyl (C=O) groups excluding carboxylic acids is 1. The Balaban J connectivity index is 0.00000113. The van der Waals surface area contributed by atoms with Gasteiger partial charge in [-0.2, -0.15) is 0 Å². The van der Waals surface area contributed by atoms with Gasteiger partial charge in [-0.1, -0.05) is 6.92 Å². The molecule has 5 nitrogen and oxygen atoms in total. The summed E-state index contributed by atoms with van der Waals surface area (Å²) in [7, 11) is 0. The van der Waals surface area contributed by atoms with Crippen LogP contribution in [0.4, 0.5) is 0 Å². The number of nitrogens with one attached hydrogen (secondary N) is 2. The van der Waals surface area contributed by atoms with Crippen LogP contribution in [0.15, 0.2) is 24.5 Å². The van der Waals surface area contributed by atoms with Gasteiger partial charge in [-0.25, -0.2) is 4.98 Å². The first-order chi connectivity index (χ1) is 11.2. The Bertz CT molecular complexity index is 708. The van der Waals surface area contributed by atoms with Crippen LogP contribution in [0.25, 0.3) is 11.0 Å². The highest BCUT2D eigenvalue weighted by Gasteiger charge is 2.33. The number of piperidine rings is 1. The molecule has 0 aromatic carbocycles. The normalized spacial score (nSPS) is 19.6. The minimum absolute atomic E-state index is 0. The maximum atomic E-state index is 12.6. The molecular weight excluding hydrogens is 359 g/mol. The second-order valence-corrected chi connectivity index (χ2v) is 6.95. The molecular formula is C18H26Cl2N4O. The standard InChI is InChI=1S/C18H24N4O.2ClH/c1-12(14-9-19-10-14)18(23)22-7-4-13(5-8-22)16-11-21-17-15(16)3-2-6-20-17;;/h2-3,6,11-14,19H,4-5,7-10H2,1H3,(H,20,21);2*1H. The summed E-state index contributed by atoms with van der Waals surface area (Å²) in [5.41, 5.74) is 2.32. The van der Waals surface area contributed by atoms with E-state index in [0.717, 1.165) is 44.7 Å². The Morgan fingerprint density at radius 1 is 1.28 bits per heavy atom. The highest BCUT2D eigenvalue weighted by Crippen LogP contribution is 2.33. The van der Waals surface area contributed by atoms with E-state index in [2.05, 4.69) is 39.4 Å². The molecule has 7 heteroatoms. The van der Waals surface area contributed by atoms with Gasteiger partial charge in [-0.05, 0) is 55.5 Å². The number of hydrogen-bond acceptors (Lipinski definition) is 3. The van der Waals surface area contributed by atoms with E-state index in [1.165, 1.54) is 10.9 Å². The third-order valence-electron chi connectivity index (χ3n) is 5.64. The lowest BCUT2D eigenvalue weighted by atomic mass is 9.85. The molecule has 2 aliphatic heterocycles. The summed E-state index contributed by atoms with van der Waals surface area (Å²) >= 11 is 0. The van der Waals surface area contributed by atoms with E-state index in [1.54, 1.807) is 0 Å². The lowest BCUT2D eigenvalue weighted by Gasteiger charge is -2.38. The molecule has 1 unspecified atom stereocenters. The van der Waals surface area contributed by atoms with Gasteiger partial charge in [0, 0.05) is 36.8 Å². The third-order valence-corrected chi connectivity index (χ3v) is 5.64. The average Bonchev–Trinajstić information content (AvgIpc) is 2.97. The van der Waals surface area contributed by atoms with E-state index in [-0.39, 0.29) is 30.7 Å². The Labute approximate surface area is 160 Å². The van der Waals surface area contributed by atoms with Gasteiger partial charge in [0.25, 0.3) is 0 Å². The molecule has 4 rings (SSSR count). The van der Waals surface area contributed by atoms with Gasteiger partial charge < -0.3 is 15.2 Å². The largest absolute Gasteiger partial charge is 0.346 e. The lowest BCUT2D eigenvalue weighted by molar-refractivity contribution is -0.138. The smallest absolute Gasteiger partial charge is 0.225 e. The van der Waals surface area contributed by atoms with Crippen LogP contribution in [0.3, 0.4) is 0 Å². The summed E-state index contributed by atoms with van der Waals surface area (Å²) in [5.74, 6) is 1.55. The Kier molecular flexibility index (Phi) is 6.72. The number of aromatic amines is 1. The molecule has 0 bridgehead atoms. The number of amides is 1. The molecule has 25 heavy (non-hydrogen) atoms. The lowest BCUT2D eigenvalue weighted by Crippen LogP contribution is -2.51. The van der Waals surface area contributed by atoms with Crippen molar-refractivity contribution in [1.82, 2.24) is 20.2 Å². The number of fused-ring (bicyclic) bond motifs is 1. The van der Waals surface area contributed by atoms with Crippen molar-refractivity contribution >= 4 is 41.8 Å². The van der Waals surface area contributed by atoms with Crippen LogP contribution in [-0.4, -0.2) is 47.0 Å². The van der Waals surface area contributed by atoms with Crippen molar-refractivity contribution < 1.29 is 4.79 Å². The predicted octanol–water partition coefficient (Wildman–Crippen LogP) is 2.97. The van der Waals surface area contributed by atoms with Crippen LogP contribution in [0.1, 0.15) is 31.2 Å². The molecule has 1 amide bonds. The number of H-pyrrole nitrogens is 1. The first-order valence-electron chi connectivity index (χ1n) is 8.65. The van der Waals surface area contributed by atoms with Crippen molar-refractivity contribution in [3.8, 4) is 0 Å². The summed E-state index contributed by atoms with van der Waals surface area (Å²) in [4.78, 5) is 22.3. The number of halogens is 2. The highest BCUT2D eigenvalue weighted by molar-refractivity contribution is 5.85. The zero-order valence-corrected chi connectivity index (χ0v) is 16.0. The molecule has 0 radical (unpaired) electrons. The number of pyridine rings is 1. The van der Waals surface area contributed by atoms with E-state index in [0.29, 0.717) is 17.7 Å². The molecule has 2 aromatic rings. The first-order valence-corrected chi connectivity index (χ1v) is 8.65. The number of aromatic nitrogens is 2. The Hall–Kier alpha value is -1.30. The van der Waals surface area contributed by atoms with Gasteiger partial charge in [0.15, 0.2) is 0 Å². The second kappa shape index (κ2) is 8.39. The number of carbonyl (C=O) groups is 1. The second-order valence-electron chi connectivity index (χ2n) is 6.95. The molecule has 0 saturated carbocycles. The van der Waals surface area contributed by atoms with Gasteiger partial charge in [-0.3, -0.25) is 4.79 Å². The Morgan fingerprint density at radius 2 is 2.00 bits per heavy atom. The minimum atomic E-state index is 0. The van der Waals surface area contributed by atoms with Crippen molar-refractivity contribution in [2.75, 3.05) is 26.2 Å². The SMILES string of the molecule is CC(C(=O)N1CCC(c2c[nH]c3ncccc23)CC1)C1CNC1.Cl.Cl. The first kappa shape index (κ1) is 20.0. The fraction of sp³-hybridized carbons (Fsp3) is 0.556. The van der Waals surface area contributed by atoms with Crippen molar-refractivity contribution in [2.24, 2.45) is 11.8 Å². The van der Waals surface area contributed by atoms with E-state index in [4.69, 9.17) is 0 Å². The van der Waals surface area contributed by atoms with Crippen LogP contribution >= 0.6 is 24.8 Å². The topological polar surface area (TPSA) is 61.0 Å². The quantitative estimate of drug-likeness (QED) is 0.854. The van der Waals surface area contributed by atoms with E-state index in [1.807, 2.05) is 12.3 Å². The summed E-state index contributed by atoms with van der Waals surface area (Å²) in [5, 5.41) is 4.49. The molecule has 138 valence electrons. The zero-order chi connectivity index (χ0) is 15.8. The minimum Gasteiger partial charge on any atom is -0.346 e. The van der Waals surface area contributed by atoms with Gasteiger partial charge in [-0.15, -0.1) is 24.8 Å². The third kappa shape index (κ3) is 3.78. The molecule has 2 aromatic heterocycles. The fourth-order valence-corrected chi connectivity index (χ4v) is 3.88. The van der Waals surface area contributed by atoms with Gasteiger partial charge in [0.05, 0.1) is 0 Å². The predicted molar refractivity (Wildman–Crippen MR) is 105 cm³/mol. The van der Waals surface area contributed by atoms with Gasteiger partial charge >= 0.3 is 0 Å². The fourth-order valence-electron chi connectivity index (χ4n) is 3.88. The van der Waals surface area contributed by atoms with Crippen LogP contribution in [0.5, 0.6) is 0 Å². The zero-order valence-electron chi connectivity index (χ0n) is 14.4. The Morgan fingerprint density at radius 3 is 2.64 bits per heavy atom. The van der Waals surface area contributed by atoms with Crippen LogP contribution < -0.4 is 5.32 Å². The molecule has 2 N–H and O–H groups in total. The summed E-state index contributed by atoms with van der Waals surface area (Å²) in [6.07, 6.45) is 6.01. The molecule has 1 atom stereocenters. The van der Waals surface area contributed by atoms with Crippen molar-refractivity contribution in [3.05, 3.63) is 30.1 Å². The monoisotopic (exact) mass is 384 g/mol. The van der Waals surface area contributed by atoms with Crippen molar-refractivity contribution in [3.63, 3.8) is 0 Å². The molecule has 2 aliphatic rings. The van der Waals surface area contributed by atoms with Gasteiger partial charge in [0.2, 0.25) is 5.91 Å². The van der Waals surface area contributed by atoms with E-state index >= 15 is 0 Å². The summed E-state index contributed by atoms with van der Waals surface area (Å²) in [6, 6.07) is 4.13. The molecule has 0 spiro atoms. The summed E-state index contributed by atoms with van der Waals surface area (Å²) in [6.45, 7) is 5.82. The maximum Gasteiger partial charge on any atom is 0.225 e. The average molecular weight is 385 g/mol. The van der Waals surface area contributed by atoms with Gasteiger partial charge in [0.1, 0.15) is 5.65 Å². The van der Waals surface area contributed by atoms with Crippen molar-refractivity contribution in [2.45, 2.75) is 25.7 Å². The van der Waals surface area contributed by atoms with Crippen LogP contribution in [-0.2, 0) is 4.79 Å². The number of likely N-dealkylation sites (tertiary alicyclic amines) is 1. The highest BCUT2D eigenvalue weighted by atomic mass is 35.5. The van der Waals surface area contributed by atoms with Crippen LogP contribution in [0, 0.1) is 11.8 Å². The molecule has 2 saturated heterocycles. The van der Waals surface area contributed by atoms with Crippen LogP contribution in [0.2, 0.25) is 0 Å². The van der Waals surface area contributed by atoms with E-state index in [9.17, 15) is 4.79 Å². The molecule has 2 fully saturated rings. The maximum absolute atomic E-state index is 12.6. The number of nitrogens with zero attached hydrogens (tertiary/aromatic N) is 2. The van der Waals surface area contributed by atoms with E-state index < -0.39 is 0 Å².